The second-order valence-corrected chi connectivity index (χ2v) is 10.7. The summed E-state index contributed by atoms with van der Waals surface area (Å²) in [4.78, 5) is 6.48. The predicted octanol–water partition coefficient (Wildman–Crippen LogP) is 5.34. The van der Waals surface area contributed by atoms with Crippen molar-refractivity contribution >= 4 is 38.7 Å². The van der Waals surface area contributed by atoms with E-state index >= 15 is 0 Å². The van der Waals surface area contributed by atoms with E-state index in [-0.39, 0.29) is 17.9 Å². The van der Waals surface area contributed by atoms with Crippen LogP contribution in [0.1, 0.15) is 29.1 Å². The Morgan fingerprint density at radius 1 is 1.08 bits per heavy atom. The lowest BCUT2D eigenvalue weighted by Crippen LogP contribution is -2.29. The van der Waals surface area contributed by atoms with Crippen LogP contribution in [0.3, 0.4) is 0 Å². The highest BCUT2D eigenvalue weighted by Gasteiger charge is 2.42. The molecule has 1 aliphatic heterocycles. The third-order valence-electron chi connectivity index (χ3n) is 5.93. The molecular weight excluding hydrogens is 499 g/mol. The van der Waals surface area contributed by atoms with Crippen LogP contribution < -0.4 is 14.9 Å². The van der Waals surface area contributed by atoms with Crippen molar-refractivity contribution in [3.63, 3.8) is 0 Å². The molecule has 10 heteroatoms. The smallest absolute Gasteiger partial charge is 0.229 e. The SMILES string of the molecule is Cc1cc(N2C(=S)N[C@@H](c3ccccn3)[C@@H]2c2ccc(-c3ccc(F)cc3)o2)ccc1NS(C)(=O)=O. The van der Waals surface area contributed by atoms with E-state index < -0.39 is 10.0 Å². The van der Waals surface area contributed by atoms with Crippen LogP contribution in [0.5, 0.6) is 0 Å². The first-order valence-electron chi connectivity index (χ1n) is 11.1. The molecule has 2 aromatic heterocycles. The maximum atomic E-state index is 13.4. The summed E-state index contributed by atoms with van der Waals surface area (Å²) >= 11 is 5.75. The standard InChI is InChI=1S/C26H23FN4O3S2/c1-16-15-19(10-11-20(16)30-36(2,32)33)31-25(24(29-26(31)35)21-5-3-4-14-28-21)23-13-12-22(34-23)17-6-8-18(27)9-7-17/h3-15,24-25,30H,1-2H3,(H,29,35)/t24-,25-/m0/s1. The minimum Gasteiger partial charge on any atom is -0.459 e. The fourth-order valence-corrected chi connectivity index (χ4v) is 5.29. The average molecular weight is 523 g/mol. The Labute approximate surface area is 214 Å². The Hall–Kier alpha value is -3.76. The Kier molecular flexibility index (Phi) is 6.23. The van der Waals surface area contributed by atoms with Crippen molar-refractivity contribution in [3.8, 4) is 11.3 Å². The zero-order chi connectivity index (χ0) is 25.4. The van der Waals surface area contributed by atoms with E-state index in [0.29, 0.717) is 22.3 Å². The molecule has 0 unspecified atom stereocenters. The quantitative estimate of drug-likeness (QED) is 0.331. The first-order valence-corrected chi connectivity index (χ1v) is 13.4. The summed E-state index contributed by atoms with van der Waals surface area (Å²) < 4.78 is 45.7. The van der Waals surface area contributed by atoms with Gasteiger partial charge in [-0.15, -0.1) is 0 Å². The van der Waals surface area contributed by atoms with Gasteiger partial charge in [-0.25, -0.2) is 12.8 Å². The lowest BCUT2D eigenvalue weighted by molar-refractivity contribution is 0.439. The molecule has 0 amide bonds. The highest BCUT2D eigenvalue weighted by atomic mass is 32.2. The Morgan fingerprint density at radius 2 is 1.86 bits per heavy atom. The molecule has 7 nitrogen and oxygen atoms in total. The summed E-state index contributed by atoms with van der Waals surface area (Å²) in [5.74, 6) is 0.932. The third kappa shape index (κ3) is 4.82. The topological polar surface area (TPSA) is 87.5 Å². The van der Waals surface area contributed by atoms with Gasteiger partial charge in [0.25, 0.3) is 0 Å². The number of rotatable bonds is 6. The van der Waals surface area contributed by atoms with Crippen molar-refractivity contribution in [2.75, 3.05) is 15.9 Å². The fourth-order valence-electron chi connectivity index (χ4n) is 4.31. The van der Waals surface area contributed by atoms with Crippen molar-refractivity contribution in [1.29, 1.82) is 0 Å². The van der Waals surface area contributed by atoms with Crippen LogP contribution in [-0.4, -0.2) is 24.8 Å². The molecule has 0 radical (unpaired) electrons. The van der Waals surface area contributed by atoms with Crippen molar-refractivity contribution in [1.82, 2.24) is 10.3 Å². The zero-order valence-corrected chi connectivity index (χ0v) is 21.1. The monoisotopic (exact) mass is 522 g/mol. The van der Waals surface area contributed by atoms with Gasteiger partial charge in [-0.1, -0.05) is 6.07 Å². The van der Waals surface area contributed by atoms with Crippen molar-refractivity contribution in [3.05, 3.63) is 102 Å². The maximum Gasteiger partial charge on any atom is 0.229 e. The van der Waals surface area contributed by atoms with Gasteiger partial charge in [0.05, 0.1) is 23.7 Å². The van der Waals surface area contributed by atoms with Crippen molar-refractivity contribution in [2.45, 2.75) is 19.0 Å². The number of hydrogen-bond acceptors (Lipinski definition) is 5. The first kappa shape index (κ1) is 24.0. The van der Waals surface area contributed by atoms with E-state index in [0.717, 1.165) is 28.8 Å². The maximum absolute atomic E-state index is 13.4. The van der Waals surface area contributed by atoms with Crippen LogP contribution >= 0.6 is 12.2 Å². The van der Waals surface area contributed by atoms with Gasteiger partial charge >= 0.3 is 0 Å². The molecule has 184 valence electrons. The van der Waals surface area contributed by atoms with Gasteiger partial charge in [-0.05, 0) is 91.4 Å². The normalized spacial score (nSPS) is 17.8. The Balaban J connectivity index is 1.57. The molecule has 1 saturated heterocycles. The van der Waals surface area contributed by atoms with Gasteiger partial charge in [0.2, 0.25) is 10.0 Å². The number of aromatic nitrogens is 1. The molecule has 36 heavy (non-hydrogen) atoms. The molecule has 3 heterocycles. The molecule has 5 rings (SSSR count). The molecular formula is C26H23FN4O3S2. The van der Waals surface area contributed by atoms with Crippen molar-refractivity contribution < 1.29 is 17.2 Å². The third-order valence-corrected chi connectivity index (χ3v) is 6.83. The number of hydrogen-bond donors (Lipinski definition) is 2. The van der Waals surface area contributed by atoms with E-state index in [1.54, 1.807) is 24.4 Å². The van der Waals surface area contributed by atoms with Crippen LogP contribution in [0.25, 0.3) is 11.3 Å². The van der Waals surface area contributed by atoms with Gasteiger partial charge in [-0.2, -0.15) is 0 Å². The molecule has 0 bridgehead atoms. The minimum atomic E-state index is -3.42. The highest BCUT2D eigenvalue weighted by molar-refractivity contribution is 7.92. The van der Waals surface area contributed by atoms with Crippen LogP contribution in [0.4, 0.5) is 15.8 Å². The second-order valence-electron chi connectivity index (χ2n) is 8.58. The van der Waals surface area contributed by atoms with Gasteiger partial charge in [0, 0.05) is 17.4 Å². The summed E-state index contributed by atoms with van der Waals surface area (Å²) in [5, 5.41) is 3.85. The van der Waals surface area contributed by atoms with E-state index in [9.17, 15) is 12.8 Å². The number of nitrogens with zero attached hydrogens (tertiary/aromatic N) is 2. The van der Waals surface area contributed by atoms with E-state index in [4.69, 9.17) is 16.6 Å². The van der Waals surface area contributed by atoms with E-state index in [2.05, 4.69) is 15.0 Å². The molecule has 0 aliphatic carbocycles. The Bertz CT molecular complexity index is 1520. The number of sulfonamides is 1. The zero-order valence-electron chi connectivity index (χ0n) is 19.5. The summed E-state index contributed by atoms with van der Waals surface area (Å²) in [6.45, 7) is 1.83. The number of thiocarbonyl (C=S) groups is 1. The van der Waals surface area contributed by atoms with E-state index in [1.165, 1.54) is 12.1 Å². The predicted molar refractivity (Wildman–Crippen MR) is 142 cm³/mol. The van der Waals surface area contributed by atoms with Crippen LogP contribution in [0.2, 0.25) is 0 Å². The largest absolute Gasteiger partial charge is 0.459 e. The lowest BCUT2D eigenvalue weighted by atomic mass is 10.0. The minimum absolute atomic E-state index is 0.306. The molecule has 2 N–H and O–H groups in total. The molecule has 4 aromatic rings. The number of nitrogens with one attached hydrogen (secondary N) is 2. The molecule has 0 spiro atoms. The van der Waals surface area contributed by atoms with Gasteiger partial charge in [0.1, 0.15) is 23.4 Å². The number of anilines is 2. The van der Waals surface area contributed by atoms with Gasteiger partial charge in [0.15, 0.2) is 5.11 Å². The number of pyridine rings is 1. The first-order chi connectivity index (χ1) is 17.2. The molecule has 2 aromatic carbocycles. The summed E-state index contributed by atoms with van der Waals surface area (Å²) in [7, 11) is -3.42. The fraction of sp³-hybridized carbons (Fsp3) is 0.154. The number of halogens is 1. The second kappa shape index (κ2) is 9.36. The summed E-state index contributed by atoms with van der Waals surface area (Å²) in [6, 6.07) is 20.2. The van der Waals surface area contributed by atoms with Crippen LogP contribution in [0, 0.1) is 12.7 Å². The summed E-state index contributed by atoms with van der Waals surface area (Å²) in [5.41, 5.74) is 3.55. The molecule has 0 saturated carbocycles. The van der Waals surface area contributed by atoms with Gasteiger partial charge < -0.3 is 14.6 Å². The molecule has 1 fully saturated rings. The highest BCUT2D eigenvalue weighted by Crippen LogP contribution is 2.43. The van der Waals surface area contributed by atoms with Crippen LogP contribution in [-0.2, 0) is 10.0 Å². The van der Waals surface area contributed by atoms with Gasteiger partial charge in [-0.3, -0.25) is 9.71 Å². The van der Waals surface area contributed by atoms with Crippen molar-refractivity contribution in [2.24, 2.45) is 0 Å². The lowest BCUT2D eigenvalue weighted by Gasteiger charge is -2.26. The molecule has 1 aliphatic rings. The number of furan rings is 1. The van der Waals surface area contributed by atoms with Crippen LogP contribution in [0.15, 0.2) is 83.4 Å². The Morgan fingerprint density at radius 3 is 2.53 bits per heavy atom. The average Bonchev–Trinajstić information content (AvgIpc) is 3.45. The number of benzene rings is 2. The number of aryl methyl sites for hydroxylation is 1. The summed E-state index contributed by atoms with van der Waals surface area (Å²) in [6.07, 6.45) is 2.84. The molecule has 2 atom stereocenters. The van der Waals surface area contributed by atoms with E-state index in [1.807, 2.05) is 54.3 Å².